The van der Waals surface area contributed by atoms with E-state index in [2.05, 4.69) is 21.9 Å². The third kappa shape index (κ3) is 2.99. The minimum Gasteiger partial charge on any atom is -0.360 e. The predicted molar refractivity (Wildman–Crippen MR) is 115 cm³/mol. The Morgan fingerprint density at radius 3 is 3.11 bits per heavy atom. The Hall–Kier alpha value is -2.38. The van der Waals surface area contributed by atoms with E-state index < -0.39 is 0 Å². The van der Waals surface area contributed by atoms with Crippen LogP contribution in [0, 0.1) is 5.92 Å². The number of carbonyl (C=O) groups is 1. The summed E-state index contributed by atoms with van der Waals surface area (Å²) in [5, 5.41) is 2.18. The third-order valence-electron chi connectivity index (χ3n) is 5.37. The Morgan fingerprint density at radius 2 is 2.21 bits per heavy atom. The van der Waals surface area contributed by atoms with Crippen molar-refractivity contribution in [3.05, 3.63) is 56.8 Å². The van der Waals surface area contributed by atoms with E-state index in [4.69, 9.17) is 0 Å². The fourth-order valence-corrected chi connectivity index (χ4v) is 6.10. The summed E-state index contributed by atoms with van der Waals surface area (Å²) >= 11 is 2.92. The van der Waals surface area contributed by atoms with Crippen molar-refractivity contribution in [2.45, 2.75) is 31.3 Å². The number of carbonyl (C=O) groups excluding carboxylic acids is 1. The number of hydrogen-bond donors (Lipinski definition) is 2. The molecule has 0 bridgehead atoms. The number of benzene rings is 1. The van der Waals surface area contributed by atoms with Crippen LogP contribution in [-0.2, 0) is 12.8 Å². The normalized spacial score (nSPS) is 16.5. The molecule has 1 aliphatic carbocycles. The van der Waals surface area contributed by atoms with Gasteiger partial charge < -0.3 is 9.97 Å². The number of H-pyrrole nitrogens is 2. The minimum absolute atomic E-state index is 0.0181. The molecule has 3 heterocycles. The summed E-state index contributed by atoms with van der Waals surface area (Å²) < 4.78 is 0. The van der Waals surface area contributed by atoms with Gasteiger partial charge in [0.2, 0.25) is 0 Å². The Balaban J connectivity index is 1.41. The van der Waals surface area contributed by atoms with Gasteiger partial charge in [-0.3, -0.25) is 9.59 Å². The van der Waals surface area contributed by atoms with Crippen LogP contribution in [0.5, 0.6) is 0 Å². The molecule has 0 spiro atoms. The molecule has 7 heteroatoms. The standard InChI is InChI=1S/C21H19N3O2S2/c1-11-6-7-13-17(8-11)28-20-18(13)19(26)23-21(24-20)27-10-16(25)14-9-22-15-5-3-2-4-12(14)15/h2-5,9,11,22H,6-8,10H2,1H3,(H,23,24,26). The number of ketones is 1. The average Bonchev–Trinajstić information content (AvgIpc) is 3.27. The number of aryl methyl sites for hydroxylation is 1. The van der Waals surface area contributed by atoms with Crippen molar-refractivity contribution >= 4 is 50.0 Å². The lowest BCUT2D eigenvalue weighted by Gasteiger charge is -2.17. The van der Waals surface area contributed by atoms with Gasteiger partial charge in [0.25, 0.3) is 5.56 Å². The maximum atomic E-state index is 12.7. The molecule has 0 saturated heterocycles. The maximum Gasteiger partial charge on any atom is 0.260 e. The van der Waals surface area contributed by atoms with Gasteiger partial charge in [-0.25, -0.2) is 4.98 Å². The van der Waals surface area contributed by atoms with Crippen LogP contribution in [0.3, 0.4) is 0 Å². The quantitative estimate of drug-likeness (QED) is 0.294. The second-order valence-corrected chi connectivity index (χ2v) is 9.41. The highest BCUT2D eigenvalue weighted by atomic mass is 32.2. The number of Topliss-reactive ketones (excluding diaryl/α,β-unsaturated/α-hetero) is 1. The van der Waals surface area contributed by atoms with Crippen LogP contribution in [0.15, 0.2) is 40.4 Å². The maximum absolute atomic E-state index is 12.7. The smallest absolute Gasteiger partial charge is 0.260 e. The number of thioether (sulfide) groups is 1. The fraction of sp³-hybridized carbons (Fsp3) is 0.286. The summed E-state index contributed by atoms with van der Waals surface area (Å²) in [6.45, 7) is 2.25. The van der Waals surface area contributed by atoms with E-state index >= 15 is 0 Å². The largest absolute Gasteiger partial charge is 0.360 e. The SMILES string of the molecule is CC1CCc2c(sc3nc(SCC(=O)c4c[nH]c5ccccc45)[nH]c(=O)c23)C1. The van der Waals surface area contributed by atoms with Gasteiger partial charge in [0.15, 0.2) is 10.9 Å². The zero-order chi connectivity index (χ0) is 19.3. The molecule has 28 heavy (non-hydrogen) atoms. The van der Waals surface area contributed by atoms with E-state index in [0.717, 1.165) is 40.4 Å². The summed E-state index contributed by atoms with van der Waals surface area (Å²) in [5.41, 5.74) is 2.71. The predicted octanol–water partition coefficient (Wildman–Crippen LogP) is 4.57. The monoisotopic (exact) mass is 409 g/mol. The highest BCUT2D eigenvalue weighted by Crippen LogP contribution is 2.36. The fourth-order valence-electron chi connectivity index (χ4n) is 3.91. The van der Waals surface area contributed by atoms with Crippen molar-refractivity contribution in [2.24, 2.45) is 5.92 Å². The molecule has 4 aromatic rings. The van der Waals surface area contributed by atoms with Crippen molar-refractivity contribution in [3.8, 4) is 0 Å². The first kappa shape index (κ1) is 17.7. The van der Waals surface area contributed by atoms with Gasteiger partial charge in [-0.1, -0.05) is 36.9 Å². The van der Waals surface area contributed by atoms with E-state index in [1.165, 1.54) is 22.2 Å². The van der Waals surface area contributed by atoms with Crippen LogP contribution in [0.25, 0.3) is 21.1 Å². The molecule has 1 aliphatic rings. The van der Waals surface area contributed by atoms with Crippen molar-refractivity contribution in [3.63, 3.8) is 0 Å². The molecule has 5 rings (SSSR count). The lowest BCUT2D eigenvalue weighted by atomic mass is 9.89. The molecule has 0 saturated carbocycles. The van der Waals surface area contributed by atoms with E-state index in [1.807, 2.05) is 24.3 Å². The Labute approximate surface area is 169 Å². The van der Waals surface area contributed by atoms with Gasteiger partial charge in [0.1, 0.15) is 4.83 Å². The van der Waals surface area contributed by atoms with Crippen LogP contribution in [0.4, 0.5) is 0 Å². The molecular formula is C21H19N3O2S2. The van der Waals surface area contributed by atoms with Gasteiger partial charge >= 0.3 is 0 Å². The molecule has 0 aliphatic heterocycles. The molecule has 1 unspecified atom stereocenters. The number of thiophene rings is 1. The molecule has 1 atom stereocenters. The molecule has 2 N–H and O–H groups in total. The third-order valence-corrected chi connectivity index (χ3v) is 7.39. The molecule has 142 valence electrons. The first-order chi connectivity index (χ1) is 13.6. The van der Waals surface area contributed by atoms with E-state index in [9.17, 15) is 9.59 Å². The topological polar surface area (TPSA) is 78.6 Å². The zero-order valence-corrected chi connectivity index (χ0v) is 17.0. The number of aromatic amines is 2. The molecule has 0 radical (unpaired) electrons. The Kier molecular flexibility index (Phi) is 4.36. The molecule has 0 amide bonds. The minimum atomic E-state index is -0.0842. The van der Waals surface area contributed by atoms with Crippen LogP contribution >= 0.6 is 23.1 Å². The van der Waals surface area contributed by atoms with Crippen molar-refractivity contribution in [2.75, 3.05) is 5.75 Å². The average molecular weight is 410 g/mol. The molecular weight excluding hydrogens is 390 g/mol. The number of hydrogen-bond acceptors (Lipinski definition) is 5. The summed E-state index contributed by atoms with van der Waals surface area (Å²) in [7, 11) is 0. The number of rotatable bonds is 4. The van der Waals surface area contributed by atoms with Crippen LogP contribution < -0.4 is 5.56 Å². The van der Waals surface area contributed by atoms with Crippen molar-refractivity contribution in [1.82, 2.24) is 15.0 Å². The van der Waals surface area contributed by atoms with Gasteiger partial charge in [-0.2, -0.15) is 0 Å². The summed E-state index contributed by atoms with van der Waals surface area (Å²) in [4.78, 5) is 38.1. The number of aromatic nitrogens is 3. The Morgan fingerprint density at radius 1 is 1.36 bits per heavy atom. The van der Waals surface area contributed by atoms with Crippen LogP contribution in [0.1, 0.15) is 34.1 Å². The number of nitrogens with zero attached hydrogens (tertiary/aromatic N) is 1. The Bertz CT molecular complexity index is 1270. The van der Waals surface area contributed by atoms with Crippen molar-refractivity contribution in [1.29, 1.82) is 0 Å². The number of para-hydroxylation sites is 1. The summed E-state index contributed by atoms with van der Waals surface area (Å²) in [6.07, 6.45) is 4.85. The van der Waals surface area contributed by atoms with Crippen LogP contribution in [-0.4, -0.2) is 26.5 Å². The second kappa shape index (κ2) is 6.90. The highest BCUT2D eigenvalue weighted by Gasteiger charge is 2.23. The molecule has 0 fully saturated rings. The summed E-state index contributed by atoms with van der Waals surface area (Å²) in [6, 6.07) is 7.75. The molecule has 1 aromatic carbocycles. The number of nitrogens with one attached hydrogen (secondary N) is 2. The zero-order valence-electron chi connectivity index (χ0n) is 15.4. The van der Waals surface area contributed by atoms with Gasteiger partial charge in [-0.15, -0.1) is 11.3 Å². The highest BCUT2D eigenvalue weighted by molar-refractivity contribution is 7.99. The summed E-state index contributed by atoms with van der Waals surface area (Å²) in [5.74, 6) is 0.907. The van der Waals surface area contributed by atoms with Crippen LogP contribution in [0.2, 0.25) is 0 Å². The number of fused-ring (bicyclic) bond motifs is 4. The van der Waals surface area contributed by atoms with E-state index in [-0.39, 0.29) is 17.1 Å². The molecule has 5 nitrogen and oxygen atoms in total. The second-order valence-electron chi connectivity index (χ2n) is 7.36. The lowest BCUT2D eigenvalue weighted by Crippen LogP contribution is -2.13. The lowest BCUT2D eigenvalue weighted by molar-refractivity contribution is 0.102. The first-order valence-corrected chi connectivity index (χ1v) is 11.2. The van der Waals surface area contributed by atoms with Gasteiger partial charge in [0.05, 0.1) is 11.1 Å². The van der Waals surface area contributed by atoms with E-state index in [0.29, 0.717) is 16.6 Å². The van der Waals surface area contributed by atoms with E-state index in [1.54, 1.807) is 17.5 Å². The van der Waals surface area contributed by atoms with Gasteiger partial charge in [0, 0.05) is 27.5 Å². The van der Waals surface area contributed by atoms with Crippen molar-refractivity contribution < 1.29 is 4.79 Å². The molecule has 3 aromatic heterocycles. The first-order valence-electron chi connectivity index (χ1n) is 9.37. The van der Waals surface area contributed by atoms with Gasteiger partial charge in [-0.05, 0) is 36.8 Å².